The molecular formula is C12H25CsO3S. The summed E-state index contributed by atoms with van der Waals surface area (Å²) in [6.45, 7) is 2.21. The zero-order chi connectivity index (χ0) is 12.3. The second-order valence-electron chi connectivity index (χ2n) is 4.44. The van der Waals surface area contributed by atoms with Crippen LogP contribution in [0, 0.1) is 0 Å². The van der Waals surface area contributed by atoms with Crippen molar-refractivity contribution in [2.24, 2.45) is 0 Å². The van der Waals surface area contributed by atoms with Crippen LogP contribution in [0.1, 0.15) is 71.1 Å². The zero-order valence-electron chi connectivity index (χ0n) is 11.4. The summed E-state index contributed by atoms with van der Waals surface area (Å²) >= 11 is 0. The molecule has 3 nitrogen and oxygen atoms in total. The number of rotatable bonds is 11. The second kappa shape index (κ2) is 14.4. The van der Waals surface area contributed by atoms with E-state index in [9.17, 15) is 13.0 Å². The third-order valence-electron chi connectivity index (χ3n) is 2.75. The molecule has 0 aliphatic rings. The fourth-order valence-corrected chi connectivity index (χ4v) is 2.32. The molecule has 5 heteroatoms. The van der Waals surface area contributed by atoms with Crippen LogP contribution in [-0.4, -0.2) is 18.7 Å². The average molecular weight is 382 g/mol. The molecule has 0 saturated heterocycles. The van der Waals surface area contributed by atoms with E-state index in [-0.39, 0.29) is 74.6 Å². The van der Waals surface area contributed by atoms with Gasteiger partial charge in [-0.2, -0.15) is 0 Å². The maximum atomic E-state index is 10.3. The van der Waals surface area contributed by atoms with Gasteiger partial charge in [0.25, 0.3) is 0 Å². The second-order valence-corrected chi connectivity index (χ2v) is 5.97. The maximum absolute atomic E-state index is 10.3. The van der Waals surface area contributed by atoms with E-state index >= 15 is 0 Å². The molecule has 0 rings (SSSR count). The van der Waals surface area contributed by atoms with Crippen molar-refractivity contribution in [3.05, 3.63) is 0 Å². The number of hydrogen-bond acceptors (Lipinski definition) is 3. The molecule has 0 spiro atoms. The van der Waals surface area contributed by atoms with E-state index in [2.05, 4.69) is 6.92 Å². The van der Waals surface area contributed by atoms with E-state index in [1.807, 2.05) is 0 Å². The predicted octanol–water partition coefficient (Wildman–Crippen LogP) is 0.457. The van der Waals surface area contributed by atoms with E-state index in [0.717, 1.165) is 12.8 Å². The van der Waals surface area contributed by atoms with Gasteiger partial charge in [0.05, 0.1) is 10.1 Å². The summed E-state index contributed by atoms with van der Waals surface area (Å²) in [6.07, 6.45) is 11.4. The maximum Gasteiger partial charge on any atom is 1.00 e. The van der Waals surface area contributed by atoms with Crippen LogP contribution in [0.5, 0.6) is 0 Å². The van der Waals surface area contributed by atoms with Crippen molar-refractivity contribution in [2.45, 2.75) is 71.1 Å². The first-order valence-electron chi connectivity index (χ1n) is 6.50. The molecule has 98 valence electrons. The zero-order valence-corrected chi connectivity index (χ0v) is 18.5. The average Bonchev–Trinajstić information content (AvgIpc) is 2.19. The van der Waals surface area contributed by atoms with Gasteiger partial charge < -0.3 is 4.55 Å². The summed E-state index contributed by atoms with van der Waals surface area (Å²) in [5.74, 6) is -0.191. The molecule has 0 aliphatic heterocycles. The normalized spacial score (nSPS) is 11.2. The quantitative estimate of drug-likeness (QED) is 0.385. The summed E-state index contributed by atoms with van der Waals surface area (Å²) in [5, 5.41) is 0. The Morgan fingerprint density at radius 2 is 1.12 bits per heavy atom. The van der Waals surface area contributed by atoms with Crippen LogP contribution in [0.25, 0.3) is 0 Å². The Morgan fingerprint density at radius 3 is 1.47 bits per heavy atom. The first kappa shape index (κ1) is 21.3. The molecule has 0 radical (unpaired) electrons. The van der Waals surface area contributed by atoms with Crippen LogP contribution >= 0.6 is 0 Å². The molecule has 0 unspecified atom stereocenters. The molecule has 0 atom stereocenters. The smallest absolute Gasteiger partial charge is 0.748 e. The van der Waals surface area contributed by atoms with E-state index in [1.54, 1.807) is 0 Å². The van der Waals surface area contributed by atoms with Crippen LogP contribution < -0.4 is 68.9 Å². The van der Waals surface area contributed by atoms with Gasteiger partial charge in [-0.15, -0.1) is 0 Å². The van der Waals surface area contributed by atoms with Crippen molar-refractivity contribution in [1.29, 1.82) is 0 Å². The van der Waals surface area contributed by atoms with Gasteiger partial charge in [0.15, 0.2) is 0 Å². The van der Waals surface area contributed by atoms with E-state index in [0.29, 0.717) is 6.42 Å². The van der Waals surface area contributed by atoms with Crippen LogP contribution in [0.3, 0.4) is 0 Å². The largest absolute Gasteiger partial charge is 1.00 e. The summed E-state index contributed by atoms with van der Waals surface area (Å²) in [6, 6.07) is 0. The van der Waals surface area contributed by atoms with Gasteiger partial charge in [0.1, 0.15) is 0 Å². The summed E-state index contributed by atoms with van der Waals surface area (Å²) in [7, 11) is -3.98. The molecule has 0 fully saturated rings. The van der Waals surface area contributed by atoms with Gasteiger partial charge in [-0.3, -0.25) is 0 Å². The molecular weight excluding hydrogens is 357 g/mol. The minimum absolute atomic E-state index is 0. The monoisotopic (exact) mass is 382 g/mol. The summed E-state index contributed by atoms with van der Waals surface area (Å²) < 4.78 is 30.9. The molecule has 0 bridgehead atoms. The number of hydrogen-bond donors (Lipinski definition) is 0. The molecule has 17 heavy (non-hydrogen) atoms. The van der Waals surface area contributed by atoms with Crippen molar-refractivity contribution in [3.8, 4) is 0 Å². The molecule has 0 aromatic carbocycles. The van der Waals surface area contributed by atoms with Gasteiger partial charge in [-0.25, -0.2) is 8.42 Å². The Kier molecular flexibility index (Phi) is 18.0. The minimum atomic E-state index is -3.98. The molecule has 0 saturated carbocycles. The number of unbranched alkanes of at least 4 members (excludes halogenated alkanes) is 9. The predicted molar refractivity (Wildman–Crippen MR) is 66.4 cm³/mol. The Balaban J connectivity index is 0. The molecule has 0 amide bonds. The van der Waals surface area contributed by atoms with Crippen molar-refractivity contribution >= 4 is 10.1 Å². The molecule has 0 N–H and O–H groups in total. The topological polar surface area (TPSA) is 57.2 Å². The van der Waals surface area contributed by atoms with Gasteiger partial charge in [-0.1, -0.05) is 64.7 Å². The summed E-state index contributed by atoms with van der Waals surface area (Å²) in [5.41, 5.74) is 0. The molecule has 0 heterocycles. The van der Waals surface area contributed by atoms with Crippen LogP contribution in [0.15, 0.2) is 0 Å². The van der Waals surface area contributed by atoms with Gasteiger partial charge in [-0.05, 0) is 6.42 Å². The first-order chi connectivity index (χ1) is 7.56. The Hall–Kier alpha value is 1.96. The van der Waals surface area contributed by atoms with Crippen LogP contribution in [-0.2, 0) is 10.1 Å². The fourth-order valence-electron chi connectivity index (χ4n) is 1.77. The van der Waals surface area contributed by atoms with Gasteiger partial charge >= 0.3 is 68.9 Å². The fraction of sp³-hybridized carbons (Fsp3) is 1.00. The van der Waals surface area contributed by atoms with Gasteiger partial charge in [0, 0.05) is 5.75 Å². The molecule has 0 aromatic heterocycles. The molecule has 0 aromatic rings. The summed E-state index contributed by atoms with van der Waals surface area (Å²) in [4.78, 5) is 0. The van der Waals surface area contributed by atoms with Crippen molar-refractivity contribution < 1.29 is 81.9 Å². The van der Waals surface area contributed by atoms with E-state index in [4.69, 9.17) is 0 Å². The first-order valence-corrected chi connectivity index (χ1v) is 8.07. The minimum Gasteiger partial charge on any atom is -0.748 e. The SMILES string of the molecule is CCCCCCCCCCCCS(=O)(=O)[O-].[Cs+]. The van der Waals surface area contributed by atoms with E-state index in [1.165, 1.54) is 44.9 Å². The van der Waals surface area contributed by atoms with Crippen molar-refractivity contribution in [2.75, 3.05) is 5.75 Å². The standard InChI is InChI=1S/C12H26O3S.Cs/c1-2-3-4-5-6-7-8-9-10-11-12-16(13,14)15;/h2-12H2,1H3,(H,13,14,15);/q;+1/p-1. The van der Waals surface area contributed by atoms with Crippen molar-refractivity contribution in [1.82, 2.24) is 0 Å². The van der Waals surface area contributed by atoms with Crippen LogP contribution in [0.2, 0.25) is 0 Å². The third-order valence-corrected chi connectivity index (χ3v) is 3.54. The Labute approximate surface area is 166 Å². The Morgan fingerprint density at radius 1 is 0.765 bits per heavy atom. The van der Waals surface area contributed by atoms with Crippen molar-refractivity contribution in [3.63, 3.8) is 0 Å². The van der Waals surface area contributed by atoms with Crippen LogP contribution in [0.4, 0.5) is 0 Å². The third kappa shape index (κ3) is 20.4. The Bertz CT molecular complexity index is 240. The van der Waals surface area contributed by atoms with Gasteiger partial charge in [0.2, 0.25) is 0 Å². The molecule has 0 aliphatic carbocycles. The van der Waals surface area contributed by atoms with E-state index < -0.39 is 10.1 Å².